The maximum atomic E-state index is 12.6. The molecule has 2 heterocycles. The number of carbonyl (C=O) groups excluding carboxylic acids is 1. The first-order valence-electron chi connectivity index (χ1n) is 8.03. The van der Waals surface area contributed by atoms with E-state index in [1.807, 2.05) is 6.92 Å². The van der Waals surface area contributed by atoms with E-state index < -0.39 is 0 Å². The van der Waals surface area contributed by atoms with Crippen molar-refractivity contribution in [2.45, 2.75) is 64.0 Å². The molecule has 4 heteroatoms. The zero-order valence-corrected chi connectivity index (χ0v) is 12.9. The minimum atomic E-state index is -0.163. The van der Waals surface area contributed by atoms with E-state index >= 15 is 0 Å². The molecule has 20 heavy (non-hydrogen) atoms. The highest BCUT2D eigenvalue weighted by Crippen LogP contribution is 2.37. The van der Waals surface area contributed by atoms with E-state index in [9.17, 15) is 4.79 Å². The first-order valence-corrected chi connectivity index (χ1v) is 8.03. The predicted octanol–water partition coefficient (Wildman–Crippen LogP) is 2.29. The van der Waals surface area contributed by atoms with Gasteiger partial charge in [0.25, 0.3) is 0 Å². The van der Waals surface area contributed by atoms with Gasteiger partial charge in [0, 0.05) is 37.5 Å². The summed E-state index contributed by atoms with van der Waals surface area (Å²) in [5.41, 5.74) is 5.60. The Morgan fingerprint density at radius 1 is 1.35 bits per heavy atom. The van der Waals surface area contributed by atoms with Gasteiger partial charge in [-0.05, 0) is 32.6 Å². The highest BCUT2D eigenvalue weighted by molar-refractivity contribution is 5.83. The number of hydrogen-bond acceptors (Lipinski definition) is 4. The molecule has 2 saturated heterocycles. The molecular weight excluding hydrogens is 254 g/mol. The number of carbonyl (C=O) groups is 1. The summed E-state index contributed by atoms with van der Waals surface area (Å²) in [6.07, 6.45) is 5.67. The molecule has 0 amide bonds. The van der Waals surface area contributed by atoms with Crippen LogP contribution < -0.4 is 5.73 Å². The van der Waals surface area contributed by atoms with Crippen LogP contribution >= 0.6 is 0 Å². The zero-order valence-electron chi connectivity index (χ0n) is 12.9. The van der Waals surface area contributed by atoms with Crippen molar-refractivity contribution in [1.82, 2.24) is 0 Å². The van der Waals surface area contributed by atoms with Gasteiger partial charge < -0.3 is 15.2 Å². The second kappa shape index (κ2) is 7.01. The summed E-state index contributed by atoms with van der Waals surface area (Å²) in [4.78, 5) is 12.6. The Labute approximate surface area is 122 Å². The molecule has 2 N–H and O–H groups in total. The van der Waals surface area contributed by atoms with Crippen LogP contribution in [0.5, 0.6) is 0 Å². The Kier molecular flexibility index (Phi) is 5.58. The van der Waals surface area contributed by atoms with E-state index in [-0.39, 0.29) is 23.5 Å². The summed E-state index contributed by atoms with van der Waals surface area (Å²) >= 11 is 0. The van der Waals surface area contributed by atoms with E-state index in [0.29, 0.717) is 19.0 Å². The summed E-state index contributed by atoms with van der Waals surface area (Å²) in [6.45, 7) is 6.22. The number of ether oxygens (including phenoxy) is 2. The highest BCUT2D eigenvalue weighted by atomic mass is 16.6. The molecule has 4 atom stereocenters. The fourth-order valence-electron chi connectivity index (χ4n) is 3.42. The molecule has 116 valence electrons. The predicted molar refractivity (Wildman–Crippen MR) is 78.5 cm³/mol. The standard InChI is InChI=1S/C16H29NO3/c1-12(4-3-5-13(2)17)15(18)14-6-8-20-16(10-14)7-9-19-11-16/h12-14H,3-11,17H2,1-2H3. The van der Waals surface area contributed by atoms with Crippen LogP contribution in [0.25, 0.3) is 0 Å². The molecule has 2 aliphatic heterocycles. The molecule has 0 aromatic carbocycles. The Morgan fingerprint density at radius 2 is 2.15 bits per heavy atom. The van der Waals surface area contributed by atoms with Crippen LogP contribution in [0.3, 0.4) is 0 Å². The van der Waals surface area contributed by atoms with Crippen LogP contribution in [0.1, 0.15) is 52.4 Å². The third kappa shape index (κ3) is 4.03. The van der Waals surface area contributed by atoms with Crippen LogP contribution in [-0.4, -0.2) is 37.2 Å². The van der Waals surface area contributed by atoms with Crippen molar-refractivity contribution in [3.8, 4) is 0 Å². The lowest BCUT2D eigenvalue weighted by Crippen LogP contribution is -2.43. The average Bonchev–Trinajstić information content (AvgIpc) is 2.85. The largest absolute Gasteiger partial charge is 0.378 e. The minimum Gasteiger partial charge on any atom is -0.378 e. The smallest absolute Gasteiger partial charge is 0.138 e. The summed E-state index contributed by atoms with van der Waals surface area (Å²) in [5, 5.41) is 0. The van der Waals surface area contributed by atoms with Crippen molar-refractivity contribution in [2.24, 2.45) is 17.6 Å². The molecular formula is C16H29NO3. The molecule has 0 aromatic rings. The van der Waals surface area contributed by atoms with E-state index in [1.165, 1.54) is 0 Å². The second-order valence-electron chi connectivity index (χ2n) is 6.74. The zero-order chi connectivity index (χ0) is 14.6. The molecule has 0 saturated carbocycles. The maximum Gasteiger partial charge on any atom is 0.138 e. The van der Waals surface area contributed by atoms with Gasteiger partial charge in [-0.25, -0.2) is 0 Å². The van der Waals surface area contributed by atoms with E-state index in [2.05, 4.69) is 6.92 Å². The highest BCUT2D eigenvalue weighted by Gasteiger charge is 2.43. The monoisotopic (exact) mass is 283 g/mol. The maximum absolute atomic E-state index is 12.6. The Bertz CT molecular complexity index is 324. The summed E-state index contributed by atoms with van der Waals surface area (Å²) in [5.74, 6) is 0.733. The van der Waals surface area contributed by atoms with Crippen LogP contribution in [0.2, 0.25) is 0 Å². The van der Waals surface area contributed by atoms with Crippen LogP contribution in [-0.2, 0) is 14.3 Å². The molecule has 1 spiro atoms. The number of hydrogen-bond donors (Lipinski definition) is 1. The fourth-order valence-corrected chi connectivity index (χ4v) is 3.42. The summed E-state index contributed by atoms with van der Waals surface area (Å²) in [7, 11) is 0. The van der Waals surface area contributed by atoms with Crippen molar-refractivity contribution >= 4 is 5.78 Å². The van der Waals surface area contributed by atoms with Gasteiger partial charge in [-0.3, -0.25) is 4.79 Å². The first-order chi connectivity index (χ1) is 9.52. The summed E-state index contributed by atoms with van der Waals surface area (Å²) in [6, 6.07) is 0.235. The minimum absolute atomic E-state index is 0.149. The molecule has 4 unspecified atom stereocenters. The van der Waals surface area contributed by atoms with Gasteiger partial charge in [-0.1, -0.05) is 13.3 Å². The fraction of sp³-hybridized carbons (Fsp3) is 0.938. The number of Topliss-reactive ketones (excluding diaryl/α,β-unsaturated/α-hetero) is 1. The number of rotatable bonds is 6. The third-order valence-corrected chi connectivity index (χ3v) is 4.74. The molecule has 0 aromatic heterocycles. The van der Waals surface area contributed by atoms with Crippen LogP contribution in [0, 0.1) is 11.8 Å². The molecule has 0 aliphatic carbocycles. The number of ketones is 1. The van der Waals surface area contributed by atoms with Gasteiger partial charge in [0.15, 0.2) is 0 Å². The first kappa shape index (κ1) is 15.9. The topological polar surface area (TPSA) is 61.6 Å². The quantitative estimate of drug-likeness (QED) is 0.812. The lowest BCUT2D eigenvalue weighted by Gasteiger charge is -2.37. The molecule has 2 rings (SSSR count). The van der Waals surface area contributed by atoms with Gasteiger partial charge in [0.2, 0.25) is 0 Å². The van der Waals surface area contributed by atoms with Crippen molar-refractivity contribution in [1.29, 1.82) is 0 Å². The van der Waals surface area contributed by atoms with Gasteiger partial charge in [-0.2, -0.15) is 0 Å². The number of nitrogens with two attached hydrogens (primary N) is 1. The SMILES string of the molecule is CC(N)CCCC(C)C(=O)C1CCOC2(CCOC2)C1. The van der Waals surface area contributed by atoms with Crippen molar-refractivity contribution < 1.29 is 14.3 Å². The van der Waals surface area contributed by atoms with E-state index in [0.717, 1.165) is 45.1 Å². The third-order valence-electron chi connectivity index (χ3n) is 4.74. The lowest BCUT2D eigenvalue weighted by molar-refractivity contribution is -0.140. The van der Waals surface area contributed by atoms with Crippen LogP contribution in [0.15, 0.2) is 0 Å². The Balaban J connectivity index is 1.81. The van der Waals surface area contributed by atoms with Crippen molar-refractivity contribution in [3.63, 3.8) is 0 Å². The average molecular weight is 283 g/mol. The molecule has 0 bridgehead atoms. The van der Waals surface area contributed by atoms with Gasteiger partial charge in [0.1, 0.15) is 5.78 Å². The Hall–Kier alpha value is -0.450. The molecule has 0 radical (unpaired) electrons. The molecule has 4 nitrogen and oxygen atoms in total. The van der Waals surface area contributed by atoms with E-state index in [1.54, 1.807) is 0 Å². The van der Waals surface area contributed by atoms with Crippen molar-refractivity contribution in [3.05, 3.63) is 0 Å². The van der Waals surface area contributed by atoms with Gasteiger partial charge >= 0.3 is 0 Å². The lowest BCUT2D eigenvalue weighted by atomic mass is 9.79. The summed E-state index contributed by atoms with van der Waals surface area (Å²) < 4.78 is 11.4. The second-order valence-corrected chi connectivity index (χ2v) is 6.74. The van der Waals surface area contributed by atoms with E-state index in [4.69, 9.17) is 15.2 Å². The molecule has 2 aliphatic rings. The van der Waals surface area contributed by atoms with Gasteiger partial charge in [-0.15, -0.1) is 0 Å². The van der Waals surface area contributed by atoms with Crippen LogP contribution in [0.4, 0.5) is 0 Å². The van der Waals surface area contributed by atoms with Gasteiger partial charge in [0.05, 0.1) is 12.2 Å². The normalized spacial score (nSPS) is 33.2. The van der Waals surface area contributed by atoms with Crippen molar-refractivity contribution in [2.75, 3.05) is 19.8 Å². The Morgan fingerprint density at radius 3 is 2.80 bits per heavy atom. The molecule has 2 fully saturated rings.